The molecule has 0 unspecified atom stereocenters. The Kier molecular flexibility index (Phi) is 2.21. The fourth-order valence-corrected chi connectivity index (χ4v) is 0.740. The summed E-state index contributed by atoms with van der Waals surface area (Å²) in [5, 5.41) is 2.49. The predicted molar refractivity (Wildman–Crippen MR) is 41.2 cm³/mol. The van der Waals surface area contributed by atoms with Gasteiger partial charge in [-0.05, 0) is 25.1 Å². The Bertz CT molecular complexity index is 271. The second-order valence-corrected chi connectivity index (χ2v) is 2.17. The van der Waals surface area contributed by atoms with E-state index in [0.29, 0.717) is 5.69 Å². The lowest BCUT2D eigenvalue weighted by Gasteiger charge is -1.97. The summed E-state index contributed by atoms with van der Waals surface area (Å²) in [6, 6.07) is 6.11. The van der Waals surface area contributed by atoms with Crippen molar-refractivity contribution in [2.45, 2.75) is 6.92 Å². The third-order valence-electron chi connectivity index (χ3n) is 1.27. The molecule has 0 atom stereocenters. The van der Waals surface area contributed by atoms with Crippen molar-refractivity contribution >= 4 is 5.91 Å². The molecule has 1 amide bonds. The van der Waals surface area contributed by atoms with Gasteiger partial charge in [0.2, 0.25) is 0 Å². The normalized spacial score (nSPS) is 9.27. The van der Waals surface area contributed by atoms with Gasteiger partial charge in [-0.3, -0.25) is 4.79 Å². The van der Waals surface area contributed by atoms with E-state index >= 15 is 0 Å². The highest BCUT2D eigenvalue weighted by Gasteiger charge is 2.02. The molecule has 0 bridgehead atoms. The molecule has 0 aliphatic heterocycles. The van der Waals surface area contributed by atoms with Crippen molar-refractivity contribution in [2.75, 3.05) is 7.05 Å². The summed E-state index contributed by atoms with van der Waals surface area (Å²) < 4.78 is 0. The summed E-state index contributed by atoms with van der Waals surface area (Å²) in [7, 11) is 1.58. The number of aromatic nitrogens is 1. The summed E-state index contributed by atoms with van der Waals surface area (Å²) in [4.78, 5) is 15.0. The van der Waals surface area contributed by atoms with Gasteiger partial charge in [-0.15, -0.1) is 0 Å². The molecule has 1 radical (unpaired) electrons. The molecule has 11 heavy (non-hydrogen) atoms. The fourth-order valence-electron chi connectivity index (χ4n) is 0.740. The molecule has 0 aliphatic rings. The Balaban J connectivity index is 2.96. The smallest absolute Gasteiger partial charge is 0.269 e. The standard InChI is InChI=1S/C8H9N2O/c1-6-4-3-5-7(10-6)8(11)9-2/h4-5H,1-2H3,(H,9,11). The summed E-state index contributed by atoms with van der Waals surface area (Å²) >= 11 is 0. The second-order valence-electron chi connectivity index (χ2n) is 2.17. The van der Waals surface area contributed by atoms with Gasteiger partial charge >= 0.3 is 0 Å². The molecule has 57 valence electrons. The maximum atomic E-state index is 11.0. The van der Waals surface area contributed by atoms with E-state index in [9.17, 15) is 4.79 Å². The van der Waals surface area contributed by atoms with Gasteiger partial charge in [-0.2, -0.15) is 0 Å². The van der Waals surface area contributed by atoms with E-state index in [4.69, 9.17) is 0 Å². The highest BCUT2D eigenvalue weighted by Crippen LogP contribution is 1.95. The molecule has 1 N–H and O–H groups in total. The van der Waals surface area contributed by atoms with E-state index in [1.807, 2.05) is 6.92 Å². The van der Waals surface area contributed by atoms with Crippen molar-refractivity contribution in [3.05, 3.63) is 29.6 Å². The molecule has 0 fully saturated rings. The minimum atomic E-state index is -0.176. The van der Waals surface area contributed by atoms with Crippen molar-refractivity contribution in [2.24, 2.45) is 0 Å². The summed E-state index contributed by atoms with van der Waals surface area (Å²) in [6.07, 6.45) is 0. The van der Waals surface area contributed by atoms with Crippen LogP contribution in [0.3, 0.4) is 0 Å². The van der Waals surface area contributed by atoms with Crippen LogP contribution in [0.2, 0.25) is 0 Å². The number of hydrogen-bond donors (Lipinski definition) is 1. The van der Waals surface area contributed by atoms with E-state index in [2.05, 4.69) is 16.4 Å². The average molecular weight is 149 g/mol. The Morgan fingerprint density at radius 1 is 1.64 bits per heavy atom. The number of nitrogens with one attached hydrogen (secondary N) is 1. The Morgan fingerprint density at radius 3 is 2.91 bits per heavy atom. The lowest BCUT2D eigenvalue weighted by Crippen LogP contribution is -2.19. The van der Waals surface area contributed by atoms with Crippen LogP contribution in [-0.2, 0) is 0 Å². The van der Waals surface area contributed by atoms with Crippen molar-refractivity contribution in [3.63, 3.8) is 0 Å². The number of amides is 1. The van der Waals surface area contributed by atoms with Gasteiger partial charge in [-0.25, -0.2) is 4.98 Å². The summed E-state index contributed by atoms with van der Waals surface area (Å²) in [5.41, 5.74) is 1.21. The second kappa shape index (κ2) is 3.14. The van der Waals surface area contributed by atoms with Crippen LogP contribution in [0.25, 0.3) is 0 Å². The fraction of sp³-hybridized carbons (Fsp3) is 0.250. The highest BCUT2D eigenvalue weighted by molar-refractivity contribution is 5.91. The van der Waals surface area contributed by atoms with Crippen molar-refractivity contribution < 1.29 is 4.79 Å². The maximum absolute atomic E-state index is 11.0. The zero-order valence-electron chi connectivity index (χ0n) is 6.51. The number of carbonyl (C=O) groups excluding carboxylic acids is 1. The van der Waals surface area contributed by atoms with Crippen LogP contribution in [0, 0.1) is 13.0 Å². The first-order chi connectivity index (χ1) is 5.24. The molecular weight excluding hydrogens is 140 g/mol. The zero-order chi connectivity index (χ0) is 8.27. The SMILES string of the molecule is CNC(=O)c1c[c]cc(C)n1. The molecule has 3 heteroatoms. The topological polar surface area (TPSA) is 42.0 Å². The first kappa shape index (κ1) is 7.72. The van der Waals surface area contributed by atoms with E-state index < -0.39 is 0 Å². The molecule has 0 spiro atoms. The van der Waals surface area contributed by atoms with Crippen LogP contribution < -0.4 is 5.32 Å². The van der Waals surface area contributed by atoms with Gasteiger partial charge in [0.15, 0.2) is 0 Å². The van der Waals surface area contributed by atoms with Gasteiger partial charge in [-0.1, -0.05) is 0 Å². The maximum Gasteiger partial charge on any atom is 0.269 e. The Labute approximate surface area is 65.5 Å². The number of pyridine rings is 1. The summed E-state index contributed by atoms with van der Waals surface area (Å²) in [6.45, 7) is 1.82. The molecule has 1 heterocycles. The first-order valence-electron chi connectivity index (χ1n) is 3.31. The molecule has 3 nitrogen and oxygen atoms in total. The zero-order valence-corrected chi connectivity index (χ0v) is 6.51. The third kappa shape index (κ3) is 1.77. The molecule has 0 aromatic carbocycles. The van der Waals surface area contributed by atoms with Crippen molar-refractivity contribution in [1.29, 1.82) is 0 Å². The van der Waals surface area contributed by atoms with Crippen LogP contribution in [0.5, 0.6) is 0 Å². The summed E-state index contributed by atoms with van der Waals surface area (Å²) in [5.74, 6) is -0.176. The predicted octanol–water partition coefficient (Wildman–Crippen LogP) is 0.550. The Hall–Kier alpha value is -1.38. The molecule has 1 rings (SSSR count). The van der Waals surface area contributed by atoms with E-state index in [1.54, 1.807) is 19.2 Å². The van der Waals surface area contributed by atoms with Gasteiger partial charge in [0, 0.05) is 12.7 Å². The van der Waals surface area contributed by atoms with Crippen LogP contribution in [0.4, 0.5) is 0 Å². The van der Waals surface area contributed by atoms with Crippen LogP contribution in [0.1, 0.15) is 16.2 Å². The number of nitrogens with zero attached hydrogens (tertiary/aromatic N) is 1. The third-order valence-corrected chi connectivity index (χ3v) is 1.27. The van der Waals surface area contributed by atoms with Crippen molar-refractivity contribution in [1.82, 2.24) is 10.3 Å². The average Bonchev–Trinajstić information content (AvgIpc) is 2.03. The quantitative estimate of drug-likeness (QED) is 0.633. The van der Waals surface area contributed by atoms with Crippen molar-refractivity contribution in [3.8, 4) is 0 Å². The minimum Gasteiger partial charge on any atom is -0.354 e. The van der Waals surface area contributed by atoms with E-state index in [0.717, 1.165) is 5.69 Å². The largest absolute Gasteiger partial charge is 0.354 e. The molecule has 0 aliphatic carbocycles. The van der Waals surface area contributed by atoms with Gasteiger partial charge in [0.25, 0.3) is 5.91 Å². The molecule has 1 aromatic heterocycles. The first-order valence-corrected chi connectivity index (χ1v) is 3.31. The molecular formula is C8H9N2O. The highest BCUT2D eigenvalue weighted by atomic mass is 16.1. The molecule has 0 saturated heterocycles. The van der Waals surface area contributed by atoms with Gasteiger partial charge in [0.1, 0.15) is 5.69 Å². The van der Waals surface area contributed by atoms with Gasteiger partial charge < -0.3 is 5.32 Å². The monoisotopic (exact) mass is 149 g/mol. The molecule has 1 aromatic rings. The van der Waals surface area contributed by atoms with Crippen LogP contribution in [0.15, 0.2) is 12.1 Å². The molecule has 0 saturated carbocycles. The number of hydrogen-bond acceptors (Lipinski definition) is 2. The van der Waals surface area contributed by atoms with Crippen LogP contribution >= 0.6 is 0 Å². The number of carbonyl (C=O) groups is 1. The van der Waals surface area contributed by atoms with Crippen LogP contribution in [-0.4, -0.2) is 17.9 Å². The minimum absolute atomic E-state index is 0.176. The van der Waals surface area contributed by atoms with Gasteiger partial charge in [0.05, 0.1) is 0 Å². The van der Waals surface area contributed by atoms with E-state index in [1.165, 1.54) is 0 Å². The number of aryl methyl sites for hydroxylation is 1. The number of rotatable bonds is 1. The lowest BCUT2D eigenvalue weighted by atomic mass is 10.3. The lowest BCUT2D eigenvalue weighted by molar-refractivity contribution is 0.0958. The Morgan fingerprint density at radius 2 is 2.36 bits per heavy atom. The van der Waals surface area contributed by atoms with E-state index in [-0.39, 0.29) is 5.91 Å².